The average molecular weight is 557 g/mol. The van der Waals surface area contributed by atoms with Gasteiger partial charge in [-0.25, -0.2) is 9.97 Å². The molecular weight excluding hydrogens is 525 g/mol. The number of piperidine rings is 1. The molecule has 0 bridgehead atoms. The Hall–Kier alpha value is -3.13. The molecule has 1 aliphatic carbocycles. The van der Waals surface area contributed by atoms with E-state index >= 15 is 0 Å². The Kier molecular flexibility index (Phi) is 7.85. The highest BCUT2D eigenvalue weighted by atomic mass is 35.5. The van der Waals surface area contributed by atoms with E-state index in [1.807, 2.05) is 24.3 Å². The van der Waals surface area contributed by atoms with E-state index in [4.69, 9.17) is 16.6 Å². The Morgan fingerprint density at radius 1 is 1.05 bits per heavy atom. The molecule has 2 fully saturated rings. The van der Waals surface area contributed by atoms with E-state index in [1.54, 1.807) is 6.20 Å². The number of amides is 1. The number of nitrogens with one attached hydrogen (secondary N) is 1. The molecule has 5 rings (SSSR count). The predicted molar refractivity (Wildman–Crippen MR) is 146 cm³/mol. The molecule has 0 spiro atoms. The van der Waals surface area contributed by atoms with E-state index in [2.05, 4.69) is 22.1 Å². The van der Waals surface area contributed by atoms with Crippen LogP contribution in [0.1, 0.15) is 78.2 Å². The first-order valence-electron chi connectivity index (χ1n) is 13.5. The number of carbonyl (C=O) groups excluding carboxylic acids is 1. The largest absolute Gasteiger partial charge is 0.416 e. The van der Waals surface area contributed by atoms with Gasteiger partial charge < -0.3 is 10.2 Å². The van der Waals surface area contributed by atoms with Crippen molar-refractivity contribution in [2.24, 2.45) is 5.92 Å². The van der Waals surface area contributed by atoms with Crippen molar-refractivity contribution < 1.29 is 18.0 Å². The van der Waals surface area contributed by atoms with E-state index in [0.29, 0.717) is 33.7 Å². The third kappa shape index (κ3) is 5.91. The van der Waals surface area contributed by atoms with Gasteiger partial charge in [0.2, 0.25) is 5.95 Å². The summed E-state index contributed by atoms with van der Waals surface area (Å²) in [6, 6.07) is 12.6. The molecule has 5 nitrogen and oxygen atoms in total. The lowest BCUT2D eigenvalue weighted by Crippen LogP contribution is -2.37. The first-order valence-corrected chi connectivity index (χ1v) is 13.9. The minimum atomic E-state index is -4.40. The summed E-state index contributed by atoms with van der Waals surface area (Å²) < 4.78 is 38.8. The van der Waals surface area contributed by atoms with E-state index in [-0.39, 0.29) is 12.5 Å². The quantitative estimate of drug-likeness (QED) is 0.349. The molecule has 2 aromatic carbocycles. The second-order valence-electron chi connectivity index (χ2n) is 10.8. The Morgan fingerprint density at radius 3 is 2.31 bits per heavy atom. The topological polar surface area (TPSA) is 58.1 Å². The van der Waals surface area contributed by atoms with Gasteiger partial charge in [-0.05, 0) is 67.0 Å². The van der Waals surface area contributed by atoms with Gasteiger partial charge in [-0.1, -0.05) is 55.6 Å². The lowest BCUT2D eigenvalue weighted by molar-refractivity contribution is -0.137. The summed E-state index contributed by atoms with van der Waals surface area (Å²) in [5, 5.41) is 3.53. The first-order chi connectivity index (χ1) is 18.7. The summed E-state index contributed by atoms with van der Waals surface area (Å²) in [7, 11) is 0. The molecule has 3 aromatic rings. The fourth-order valence-electron chi connectivity index (χ4n) is 5.76. The highest BCUT2D eigenvalue weighted by Crippen LogP contribution is 2.47. The Bertz CT molecular complexity index is 1300. The molecule has 9 heteroatoms. The smallest absolute Gasteiger partial charge is 0.348 e. The van der Waals surface area contributed by atoms with Crippen molar-refractivity contribution in [3.8, 4) is 0 Å². The summed E-state index contributed by atoms with van der Waals surface area (Å²) in [4.78, 5) is 25.5. The number of aromatic nitrogens is 2. The number of hydrogen-bond acceptors (Lipinski definition) is 4. The number of halogens is 4. The number of carbonyl (C=O) groups is 1. The normalized spacial score (nSPS) is 17.8. The van der Waals surface area contributed by atoms with Crippen molar-refractivity contribution in [3.63, 3.8) is 0 Å². The molecule has 206 valence electrons. The molecule has 1 amide bonds. The minimum absolute atomic E-state index is 0.0934. The molecule has 1 aliphatic heterocycles. The SMILES string of the molecule is CC1CCN(c2ncc(C(=O)NCc3ccc(C(F)(F)F)cc3)c(C3(c4ccc(Cl)cc4)CCCC3)n2)CC1. The van der Waals surface area contributed by atoms with Crippen LogP contribution in [0.2, 0.25) is 5.02 Å². The molecule has 2 aliphatic rings. The van der Waals surface area contributed by atoms with Crippen LogP contribution in [-0.2, 0) is 18.1 Å². The number of anilines is 1. The highest BCUT2D eigenvalue weighted by molar-refractivity contribution is 6.30. The van der Waals surface area contributed by atoms with E-state index < -0.39 is 17.2 Å². The third-order valence-corrected chi connectivity index (χ3v) is 8.38. The Balaban J connectivity index is 1.48. The van der Waals surface area contributed by atoms with E-state index in [0.717, 1.165) is 69.3 Å². The zero-order chi connectivity index (χ0) is 27.6. The van der Waals surface area contributed by atoms with Crippen LogP contribution >= 0.6 is 11.6 Å². The fraction of sp³-hybridized carbons (Fsp3) is 0.433. The summed E-state index contributed by atoms with van der Waals surface area (Å²) in [5.41, 5.74) is 1.57. The summed E-state index contributed by atoms with van der Waals surface area (Å²) in [6.07, 6.45) is 3.06. The van der Waals surface area contributed by atoms with Crippen LogP contribution in [-0.4, -0.2) is 29.0 Å². The van der Waals surface area contributed by atoms with Crippen molar-refractivity contribution in [1.29, 1.82) is 0 Å². The third-order valence-electron chi connectivity index (χ3n) is 8.13. The van der Waals surface area contributed by atoms with Crippen LogP contribution in [0.25, 0.3) is 0 Å². The Labute approximate surface area is 231 Å². The average Bonchev–Trinajstić information content (AvgIpc) is 3.43. The molecule has 1 aromatic heterocycles. The number of alkyl halides is 3. The number of hydrogen-bond donors (Lipinski definition) is 1. The van der Waals surface area contributed by atoms with Crippen LogP contribution in [0.3, 0.4) is 0 Å². The molecule has 0 radical (unpaired) electrons. The van der Waals surface area contributed by atoms with Gasteiger partial charge >= 0.3 is 6.18 Å². The number of rotatable bonds is 6. The van der Waals surface area contributed by atoms with Gasteiger partial charge in [0.05, 0.1) is 16.8 Å². The second-order valence-corrected chi connectivity index (χ2v) is 11.2. The maximum absolute atomic E-state index is 13.6. The lowest BCUT2D eigenvalue weighted by Gasteiger charge is -2.34. The maximum Gasteiger partial charge on any atom is 0.416 e. The molecule has 1 saturated heterocycles. The molecule has 1 saturated carbocycles. The van der Waals surface area contributed by atoms with Gasteiger partial charge in [0, 0.05) is 36.3 Å². The van der Waals surface area contributed by atoms with Gasteiger partial charge in [0.25, 0.3) is 5.91 Å². The van der Waals surface area contributed by atoms with Crippen molar-refractivity contribution >= 4 is 23.5 Å². The molecule has 0 unspecified atom stereocenters. The molecular formula is C30H32ClF3N4O. The van der Waals surface area contributed by atoms with Crippen molar-refractivity contribution in [2.45, 2.75) is 63.6 Å². The van der Waals surface area contributed by atoms with Gasteiger partial charge in [0.1, 0.15) is 0 Å². The van der Waals surface area contributed by atoms with Gasteiger partial charge in [-0.3, -0.25) is 4.79 Å². The van der Waals surface area contributed by atoms with E-state index in [1.165, 1.54) is 12.1 Å². The number of benzene rings is 2. The first kappa shape index (κ1) is 27.4. The summed E-state index contributed by atoms with van der Waals surface area (Å²) in [6.45, 7) is 4.08. The molecule has 39 heavy (non-hydrogen) atoms. The van der Waals surface area contributed by atoms with Crippen molar-refractivity contribution in [3.05, 3.63) is 87.7 Å². The minimum Gasteiger partial charge on any atom is -0.348 e. The van der Waals surface area contributed by atoms with Gasteiger partial charge in [0.15, 0.2) is 0 Å². The van der Waals surface area contributed by atoms with Crippen LogP contribution in [0.5, 0.6) is 0 Å². The molecule has 0 atom stereocenters. The molecule has 2 heterocycles. The molecule has 1 N–H and O–H groups in total. The van der Waals surface area contributed by atoms with Crippen molar-refractivity contribution in [2.75, 3.05) is 18.0 Å². The fourth-order valence-corrected chi connectivity index (χ4v) is 5.89. The van der Waals surface area contributed by atoms with Gasteiger partial charge in [-0.15, -0.1) is 0 Å². The Morgan fingerprint density at radius 2 is 1.69 bits per heavy atom. The lowest BCUT2D eigenvalue weighted by atomic mass is 9.74. The zero-order valence-corrected chi connectivity index (χ0v) is 22.7. The van der Waals surface area contributed by atoms with Crippen LogP contribution < -0.4 is 10.2 Å². The van der Waals surface area contributed by atoms with Gasteiger partial charge in [-0.2, -0.15) is 13.2 Å². The van der Waals surface area contributed by atoms with E-state index in [9.17, 15) is 18.0 Å². The van der Waals surface area contributed by atoms with Crippen LogP contribution in [0, 0.1) is 5.92 Å². The van der Waals surface area contributed by atoms with Crippen molar-refractivity contribution in [1.82, 2.24) is 15.3 Å². The predicted octanol–water partition coefficient (Wildman–Crippen LogP) is 7.18. The maximum atomic E-state index is 13.6. The second kappa shape index (κ2) is 11.2. The van der Waals surface area contributed by atoms with Crippen LogP contribution in [0.4, 0.5) is 19.1 Å². The summed E-state index contributed by atoms with van der Waals surface area (Å²) >= 11 is 6.21. The van der Waals surface area contributed by atoms with Crippen LogP contribution in [0.15, 0.2) is 54.7 Å². The zero-order valence-electron chi connectivity index (χ0n) is 21.9. The highest BCUT2D eigenvalue weighted by Gasteiger charge is 2.42. The monoisotopic (exact) mass is 556 g/mol. The standard InChI is InChI=1S/C30H32ClF3N4O/c1-20-12-16-38(17-13-20)28-36-19-25(27(39)35-18-21-4-6-23(7-5-21)30(32,33)34)26(37-28)29(14-2-3-15-29)22-8-10-24(31)11-9-22/h4-11,19-20H,2-3,12-18H2,1H3,(H,35,39). The summed E-state index contributed by atoms with van der Waals surface area (Å²) in [5.74, 6) is 0.951. The number of nitrogens with zero attached hydrogens (tertiary/aromatic N) is 3.